The zero-order valence-corrected chi connectivity index (χ0v) is 14.5. The Hall–Kier alpha value is -1.44. The summed E-state index contributed by atoms with van der Waals surface area (Å²) in [7, 11) is 0. The number of hydrogen-bond acceptors (Lipinski definition) is 6. The van der Waals surface area contributed by atoms with Gasteiger partial charge in [0.2, 0.25) is 0 Å². The third kappa shape index (κ3) is 6.22. The van der Waals surface area contributed by atoms with Crippen LogP contribution >= 0.6 is 0 Å². The number of nitrogens with two attached hydrogens (primary N) is 1. The molecule has 7 heteroatoms. The van der Waals surface area contributed by atoms with Gasteiger partial charge in [-0.1, -0.05) is 45.4 Å². The second-order valence-electron chi connectivity index (χ2n) is 6.09. The van der Waals surface area contributed by atoms with Crippen LogP contribution in [-0.4, -0.2) is 35.7 Å². The summed E-state index contributed by atoms with van der Waals surface area (Å²) in [5.41, 5.74) is 5.04. The van der Waals surface area contributed by atoms with Gasteiger partial charge >= 0.3 is 5.69 Å². The Labute approximate surface area is 143 Å². The second-order valence-corrected chi connectivity index (χ2v) is 6.09. The van der Waals surface area contributed by atoms with Crippen LogP contribution in [0.25, 0.3) is 0 Å². The number of unbranched alkanes of at least 4 members (excludes halogenated alkanes) is 6. The maximum atomic E-state index is 11.8. The molecule has 1 unspecified atom stereocenters. The van der Waals surface area contributed by atoms with Crippen LogP contribution < -0.4 is 11.4 Å². The Morgan fingerprint density at radius 2 is 2.04 bits per heavy atom. The highest BCUT2D eigenvalue weighted by Gasteiger charge is 2.28. The first-order valence-corrected chi connectivity index (χ1v) is 8.90. The lowest BCUT2D eigenvalue weighted by Crippen LogP contribution is -2.28. The highest BCUT2D eigenvalue weighted by Crippen LogP contribution is 2.19. The highest BCUT2D eigenvalue weighted by atomic mass is 16.7. The molecular weight excluding hydrogens is 310 g/mol. The standard InChI is InChI=1S/C17H29N3O4/c1-2-3-4-5-6-7-8-11-22-13-16-23-12-15(24-16)20-10-9-14(18)19-17(20)21/h9-10,15-16H,2-8,11-13H2,1H3,(H2,18,19,21)/t15?,16-/m1/s1. The molecule has 2 N–H and O–H groups in total. The molecule has 1 aromatic heterocycles. The quantitative estimate of drug-likeness (QED) is 0.623. The highest BCUT2D eigenvalue weighted by molar-refractivity contribution is 5.23. The number of nitrogens with zero attached hydrogens (tertiary/aromatic N) is 2. The normalized spacial score (nSPS) is 20.5. The predicted octanol–water partition coefficient (Wildman–Crippen LogP) is 2.46. The van der Waals surface area contributed by atoms with Gasteiger partial charge in [-0.15, -0.1) is 0 Å². The summed E-state index contributed by atoms with van der Waals surface area (Å²) in [6.07, 6.45) is 9.45. The van der Waals surface area contributed by atoms with E-state index < -0.39 is 18.2 Å². The van der Waals surface area contributed by atoms with Gasteiger partial charge in [-0.3, -0.25) is 4.57 Å². The first-order valence-electron chi connectivity index (χ1n) is 8.90. The van der Waals surface area contributed by atoms with Crippen molar-refractivity contribution in [1.29, 1.82) is 0 Å². The molecule has 0 saturated carbocycles. The smallest absolute Gasteiger partial charge is 0.351 e. The molecule has 1 saturated heterocycles. The van der Waals surface area contributed by atoms with E-state index in [1.54, 1.807) is 12.3 Å². The van der Waals surface area contributed by atoms with Gasteiger partial charge < -0.3 is 19.9 Å². The van der Waals surface area contributed by atoms with E-state index in [0.717, 1.165) is 6.42 Å². The molecule has 0 aromatic carbocycles. The number of nitrogen functional groups attached to an aromatic ring is 1. The number of hydrogen-bond donors (Lipinski definition) is 1. The lowest BCUT2D eigenvalue weighted by molar-refractivity contribution is -0.115. The number of ether oxygens (including phenoxy) is 3. The fourth-order valence-corrected chi connectivity index (χ4v) is 2.66. The summed E-state index contributed by atoms with van der Waals surface area (Å²) in [6.45, 7) is 3.62. The Bertz CT molecular complexity index is 535. The van der Waals surface area contributed by atoms with Crippen molar-refractivity contribution in [1.82, 2.24) is 9.55 Å². The molecule has 1 aliphatic heterocycles. The molecule has 0 bridgehead atoms. The van der Waals surface area contributed by atoms with E-state index >= 15 is 0 Å². The molecule has 2 heterocycles. The second kappa shape index (κ2) is 10.4. The molecule has 0 amide bonds. The SMILES string of the molecule is CCCCCCCCCOC[C@@H]1OCC(n2ccc(N)nc2=O)O1. The van der Waals surface area contributed by atoms with Crippen LogP contribution in [0.1, 0.15) is 58.1 Å². The van der Waals surface area contributed by atoms with Gasteiger partial charge in [0.15, 0.2) is 12.5 Å². The minimum atomic E-state index is -0.474. The summed E-state index contributed by atoms with van der Waals surface area (Å²) in [5, 5.41) is 0. The molecule has 0 aliphatic carbocycles. The van der Waals surface area contributed by atoms with Gasteiger partial charge in [0, 0.05) is 12.8 Å². The van der Waals surface area contributed by atoms with E-state index in [-0.39, 0.29) is 5.82 Å². The summed E-state index contributed by atoms with van der Waals surface area (Å²) >= 11 is 0. The molecule has 24 heavy (non-hydrogen) atoms. The minimum Gasteiger partial charge on any atom is -0.383 e. The van der Waals surface area contributed by atoms with Gasteiger partial charge in [-0.05, 0) is 12.5 Å². The number of rotatable bonds is 11. The molecule has 2 atom stereocenters. The van der Waals surface area contributed by atoms with Crippen LogP contribution in [0.5, 0.6) is 0 Å². The third-order valence-corrected chi connectivity index (χ3v) is 4.04. The van der Waals surface area contributed by atoms with Crippen LogP contribution in [-0.2, 0) is 14.2 Å². The van der Waals surface area contributed by atoms with Gasteiger partial charge in [0.1, 0.15) is 5.82 Å². The van der Waals surface area contributed by atoms with Crippen LogP contribution in [0.4, 0.5) is 5.82 Å². The largest absolute Gasteiger partial charge is 0.383 e. The van der Waals surface area contributed by atoms with Crippen molar-refractivity contribution in [2.45, 2.75) is 64.4 Å². The Balaban J connectivity index is 1.57. The fraction of sp³-hybridized carbons (Fsp3) is 0.765. The molecule has 0 radical (unpaired) electrons. The van der Waals surface area contributed by atoms with Gasteiger partial charge in [-0.25, -0.2) is 4.79 Å². The summed E-state index contributed by atoms with van der Waals surface area (Å²) in [4.78, 5) is 15.4. The third-order valence-electron chi connectivity index (χ3n) is 4.04. The average Bonchev–Trinajstić information content (AvgIpc) is 3.02. The van der Waals surface area contributed by atoms with Crippen molar-refractivity contribution in [3.8, 4) is 0 Å². The molecule has 2 rings (SSSR count). The zero-order valence-electron chi connectivity index (χ0n) is 14.5. The average molecular weight is 339 g/mol. The zero-order chi connectivity index (χ0) is 17.2. The summed E-state index contributed by atoms with van der Waals surface area (Å²) < 4.78 is 18.2. The molecule has 1 aromatic rings. The molecule has 136 valence electrons. The Kier molecular flexibility index (Phi) is 8.21. The van der Waals surface area contributed by atoms with Crippen molar-refractivity contribution in [3.63, 3.8) is 0 Å². The Morgan fingerprint density at radius 3 is 2.79 bits per heavy atom. The van der Waals surface area contributed by atoms with Gasteiger partial charge in [-0.2, -0.15) is 4.98 Å². The van der Waals surface area contributed by atoms with Gasteiger partial charge in [0.05, 0.1) is 13.2 Å². The van der Waals surface area contributed by atoms with Crippen molar-refractivity contribution in [2.24, 2.45) is 0 Å². The van der Waals surface area contributed by atoms with Crippen molar-refractivity contribution in [2.75, 3.05) is 25.6 Å². The first-order chi connectivity index (χ1) is 11.7. The van der Waals surface area contributed by atoms with Crippen LogP contribution in [0.15, 0.2) is 17.1 Å². The number of aromatic nitrogens is 2. The Morgan fingerprint density at radius 1 is 1.29 bits per heavy atom. The number of anilines is 1. The van der Waals surface area contributed by atoms with E-state index in [4.69, 9.17) is 19.9 Å². The van der Waals surface area contributed by atoms with Crippen molar-refractivity contribution in [3.05, 3.63) is 22.7 Å². The summed E-state index contributed by atoms with van der Waals surface area (Å²) in [6, 6.07) is 1.56. The molecule has 1 fully saturated rings. The van der Waals surface area contributed by atoms with E-state index in [2.05, 4.69) is 11.9 Å². The minimum absolute atomic E-state index is 0.199. The van der Waals surface area contributed by atoms with Crippen LogP contribution in [0.3, 0.4) is 0 Å². The van der Waals surface area contributed by atoms with E-state index in [1.807, 2.05) is 0 Å². The fourth-order valence-electron chi connectivity index (χ4n) is 2.66. The first kappa shape index (κ1) is 18.9. The lowest BCUT2D eigenvalue weighted by atomic mass is 10.1. The van der Waals surface area contributed by atoms with Crippen LogP contribution in [0, 0.1) is 0 Å². The predicted molar refractivity (Wildman–Crippen MR) is 91.6 cm³/mol. The van der Waals surface area contributed by atoms with Gasteiger partial charge in [0.25, 0.3) is 0 Å². The lowest BCUT2D eigenvalue weighted by Gasteiger charge is -2.13. The van der Waals surface area contributed by atoms with Crippen molar-refractivity contribution >= 4 is 5.82 Å². The van der Waals surface area contributed by atoms with E-state index in [9.17, 15) is 4.79 Å². The molecule has 0 spiro atoms. The molecule has 7 nitrogen and oxygen atoms in total. The van der Waals surface area contributed by atoms with E-state index in [1.165, 1.54) is 43.1 Å². The maximum absolute atomic E-state index is 11.8. The summed E-state index contributed by atoms with van der Waals surface area (Å²) in [5.74, 6) is 0.199. The maximum Gasteiger partial charge on any atom is 0.351 e. The monoisotopic (exact) mass is 339 g/mol. The van der Waals surface area contributed by atoms with Crippen molar-refractivity contribution < 1.29 is 14.2 Å². The molecule has 1 aliphatic rings. The van der Waals surface area contributed by atoms with E-state index in [0.29, 0.717) is 19.8 Å². The molecular formula is C17H29N3O4. The van der Waals surface area contributed by atoms with Crippen LogP contribution in [0.2, 0.25) is 0 Å². The topological polar surface area (TPSA) is 88.6 Å².